The molecule has 2 amide bonds. The molecule has 1 saturated heterocycles. The number of nitrogens with zero attached hydrogens (tertiary/aromatic N) is 3. The van der Waals surface area contributed by atoms with Crippen LogP contribution in [0.5, 0.6) is 0 Å². The van der Waals surface area contributed by atoms with E-state index in [0.29, 0.717) is 11.8 Å². The molecular weight excluding hydrogens is 559 g/mol. The number of alkyl halides is 3. The van der Waals surface area contributed by atoms with Crippen LogP contribution in [0.2, 0.25) is 4.34 Å². The van der Waals surface area contributed by atoms with Gasteiger partial charge in [-0.3, -0.25) is 19.6 Å². The van der Waals surface area contributed by atoms with Crippen molar-refractivity contribution < 1.29 is 43.6 Å². The number of rotatable bonds is 7. The van der Waals surface area contributed by atoms with Gasteiger partial charge in [0.25, 0.3) is 11.8 Å². The zero-order valence-electron chi connectivity index (χ0n) is 17.1. The molecule has 12 nitrogen and oxygen atoms in total. The molecule has 190 valence electrons. The number of hydrogen-bond acceptors (Lipinski definition) is 11. The molecule has 0 aliphatic carbocycles. The summed E-state index contributed by atoms with van der Waals surface area (Å²) in [5.41, 5.74) is 5.89. The molecule has 0 bridgehead atoms. The number of oxime groups is 1. The van der Waals surface area contributed by atoms with Crippen molar-refractivity contribution in [2.75, 3.05) is 5.73 Å². The van der Waals surface area contributed by atoms with Gasteiger partial charge in [-0.15, -0.1) is 0 Å². The summed E-state index contributed by atoms with van der Waals surface area (Å²) < 4.78 is 38.6. The smallest absolute Gasteiger partial charge is 0.468 e. The minimum atomic E-state index is -4.78. The third kappa shape index (κ3) is 5.21. The van der Waals surface area contributed by atoms with Crippen LogP contribution in [-0.4, -0.2) is 62.0 Å². The van der Waals surface area contributed by atoms with Gasteiger partial charge in [-0.1, -0.05) is 39.9 Å². The zero-order chi connectivity index (χ0) is 26.2. The summed E-state index contributed by atoms with van der Waals surface area (Å²) in [5.74, 6) is -3.39. The number of thioether (sulfide) groups is 1. The minimum absolute atomic E-state index is 0.00147. The van der Waals surface area contributed by atoms with E-state index in [-0.39, 0.29) is 44.9 Å². The van der Waals surface area contributed by atoms with E-state index in [4.69, 9.17) is 22.5 Å². The van der Waals surface area contributed by atoms with E-state index < -0.39 is 57.4 Å². The van der Waals surface area contributed by atoms with Gasteiger partial charge in [0, 0.05) is 4.91 Å². The van der Waals surface area contributed by atoms with Gasteiger partial charge < -0.3 is 27.1 Å². The van der Waals surface area contributed by atoms with Gasteiger partial charge in [0.05, 0.1) is 6.04 Å². The number of hydrogen-bond donors (Lipinski definition) is 6. The number of amides is 2. The lowest BCUT2D eigenvalue weighted by Gasteiger charge is -2.50. The minimum Gasteiger partial charge on any atom is -0.477 e. The predicted molar refractivity (Wildman–Crippen MR) is 122 cm³/mol. The van der Waals surface area contributed by atoms with Crippen molar-refractivity contribution >= 4 is 75.3 Å². The van der Waals surface area contributed by atoms with Crippen LogP contribution >= 0.6 is 46.6 Å². The average molecular weight is 575 g/mol. The number of nitrogen functional groups attached to an aromatic ring is 1. The van der Waals surface area contributed by atoms with Gasteiger partial charge >= 0.3 is 12.1 Å². The number of aromatic nitrogens is 1. The lowest BCUT2D eigenvalue weighted by atomic mass is 9.86. The van der Waals surface area contributed by atoms with Gasteiger partial charge in [-0.05, 0) is 24.8 Å². The number of nitrogens with one attached hydrogen (secondary N) is 1. The first-order valence-corrected chi connectivity index (χ1v) is 12.1. The normalized spacial score (nSPS) is 21.4. The van der Waals surface area contributed by atoms with E-state index in [9.17, 15) is 37.9 Å². The number of thiazole rings is 1. The molecule has 0 radical (unpaired) electrons. The molecule has 3 rings (SSSR count). The second kappa shape index (κ2) is 10.2. The van der Waals surface area contributed by atoms with Crippen molar-refractivity contribution in [2.45, 2.75) is 31.1 Å². The number of carbonyl (C=O) groups is 3. The van der Waals surface area contributed by atoms with Crippen LogP contribution in [0.4, 0.5) is 18.3 Å². The maximum atomic E-state index is 13.0. The Balaban J connectivity index is 1.84. The summed E-state index contributed by atoms with van der Waals surface area (Å²) in [5, 5.41) is 29.5. The van der Waals surface area contributed by atoms with E-state index in [1.807, 2.05) is 0 Å². The molecule has 2 aliphatic heterocycles. The molecule has 35 heavy (non-hydrogen) atoms. The topological polar surface area (TPSA) is 212 Å². The highest BCUT2D eigenvalue weighted by molar-refractivity contribution is 8.23. The number of quaternary nitrogens is 1. The Kier molecular flexibility index (Phi) is 7.92. The molecule has 0 aromatic carbocycles. The van der Waals surface area contributed by atoms with Crippen LogP contribution < -0.4 is 21.9 Å². The van der Waals surface area contributed by atoms with Gasteiger partial charge in [0.1, 0.15) is 26.0 Å². The fourth-order valence-electron chi connectivity index (χ4n) is 3.39. The molecule has 1 fully saturated rings. The lowest BCUT2D eigenvalue weighted by molar-refractivity contribution is -0.360. The molecule has 1 aromatic rings. The summed E-state index contributed by atoms with van der Waals surface area (Å²) >= 11 is 7.48. The van der Waals surface area contributed by atoms with E-state index in [1.54, 1.807) is 0 Å². The van der Waals surface area contributed by atoms with Crippen molar-refractivity contribution in [2.24, 2.45) is 10.3 Å². The maximum absolute atomic E-state index is 13.0. The monoisotopic (exact) mass is 574 g/mol. The van der Waals surface area contributed by atoms with Gasteiger partial charge in [-0.25, -0.2) is 9.78 Å². The number of anilines is 1. The zero-order valence-corrected chi connectivity index (χ0v) is 20.3. The highest BCUT2D eigenvalue weighted by atomic mass is 35.5. The number of aliphatic carboxylic acids is 1. The highest BCUT2D eigenvalue weighted by Crippen LogP contribution is 2.46. The molecule has 2 atom stereocenters. The van der Waals surface area contributed by atoms with Crippen LogP contribution in [0.25, 0.3) is 0 Å². The summed E-state index contributed by atoms with van der Waals surface area (Å²) in [6.07, 6.45) is -4.68. The number of carboxylic acid groups (broad SMARTS) is 1. The fourth-order valence-corrected chi connectivity index (χ4v) is 6.03. The van der Waals surface area contributed by atoms with Gasteiger partial charge in [-0.2, -0.15) is 13.2 Å². The Labute approximate surface area is 211 Å². The van der Waals surface area contributed by atoms with Crippen molar-refractivity contribution in [3.05, 3.63) is 30.6 Å². The molecule has 19 heteroatoms. The quantitative estimate of drug-likeness (QED) is 0.0879. The Hall–Kier alpha value is -2.51. The van der Waals surface area contributed by atoms with Gasteiger partial charge in [0.2, 0.25) is 5.70 Å². The first kappa shape index (κ1) is 27.1. The van der Waals surface area contributed by atoms with Crippen molar-refractivity contribution in [1.29, 1.82) is 0 Å². The van der Waals surface area contributed by atoms with E-state index in [2.05, 4.69) is 21.2 Å². The average Bonchev–Trinajstić information content (AvgIpc) is 3.11. The number of allylic oxidation sites excluding steroid dienone is 2. The third-order valence-corrected chi connectivity index (χ3v) is 8.09. The van der Waals surface area contributed by atoms with Gasteiger partial charge in [0.15, 0.2) is 10.8 Å². The van der Waals surface area contributed by atoms with E-state index in [1.165, 1.54) is 0 Å². The first-order chi connectivity index (χ1) is 16.3. The molecule has 1 unspecified atom stereocenters. The Morgan fingerprint density at radius 3 is 2.54 bits per heavy atom. The third-order valence-electron chi connectivity index (χ3n) is 4.93. The maximum Gasteiger partial charge on any atom is 0.468 e. The SMILES string of the molecule is NS/C(SC1=C(C(=O)O)N2C(=O)[C@@H](NC(=O)/C(=N\O)c3nc(N)sc3Cl)C2CC1)=C(\[NH3+])C(F)(F)F. The second-order valence-corrected chi connectivity index (χ2v) is 10.6. The molecule has 3 heterocycles. The Morgan fingerprint density at radius 1 is 1.40 bits per heavy atom. The molecule has 0 spiro atoms. The van der Waals surface area contributed by atoms with Crippen molar-refractivity contribution in [1.82, 2.24) is 15.2 Å². The van der Waals surface area contributed by atoms with E-state index >= 15 is 0 Å². The number of fused-ring (bicyclic) bond motifs is 1. The fraction of sp³-hybridized carbons (Fsp3) is 0.312. The second-order valence-electron chi connectivity index (χ2n) is 6.95. The summed E-state index contributed by atoms with van der Waals surface area (Å²) in [7, 11) is 0. The van der Waals surface area contributed by atoms with E-state index in [0.717, 1.165) is 16.2 Å². The number of β-lactam (4-membered cyclic amide) rings is 1. The van der Waals surface area contributed by atoms with Crippen LogP contribution in [0.15, 0.2) is 25.7 Å². The van der Waals surface area contributed by atoms with Crippen LogP contribution in [0.1, 0.15) is 18.5 Å². The highest BCUT2D eigenvalue weighted by Gasteiger charge is 2.54. The van der Waals surface area contributed by atoms with Crippen molar-refractivity contribution in [3.8, 4) is 0 Å². The Bertz CT molecular complexity index is 1190. The van der Waals surface area contributed by atoms with Crippen LogP contribution in [-0.2, 0) is 14.4 Å². The number of nitrogens with two attached hydrogens (primary N) is 2. The summed E-state index contributed by atoms with van der Waals surface area (Å²) in [4.78, 5) is 42.0. The van der Waals surface area contributed by atoms with Crippen LogP contribution in [0.3, 0.4) is 0 Å². The van der Waals surface area contributed by atoms with Crippen molar-refractivity contribution in [3.63, 3.8) is 0 Å². The summed E-state index contributed by atoms with van der Waals surface area (Å²) in [6.45, 7) is 0. The largest absolute Gasteiger partial charge is 0.477 e. The first-order valence-electron chi connectivity index (χ1n) is 9.24. The molecule has 2 aliphatic rings. The lowest BCUT2D eigenvalue weighted by Crippen LogP contribution is -2.72. The predicted octanol–water partition coefficient (Wildman–Crippen LogP) is 0.656. The Morgan fingerprint density at radius 2 is 2.06 bits per heavy atom. The molecule has 1 aromatic heterocycles. The molecule has 0 saturated carbocycles. The van der Waals surface area contributed by atoms with Crippen LogP contribution in [0, 0.1) is 0 Å². The summed E-state index contributed by atoms with van der Waals surface area (Å²) in [6, 6.07) is -2.00. The standard InChI is InChI=1S/C16H15ClF3N7O5S3/c17-10-6(25-15(22)34-10)7(26-32)11(28)24-5-3-1-2-4(8(13(30)31)27(3)12(5)29)33-14(35-23)9(21)16(18,19)20/h3,5,32H,1-2,21,23H2,(H2,22,25)(H,24,28)(H,30,31)/p+1/b14-9-,26-7-/t3?,5-/m0/s1. The molecular formula is C16H16ClF3N7O5S3+. The molecule has 10 N–H and O–H groups in total. The number of carbonyl (C=O) groups excluding carboxylic acids is 2. The number of carboxylic acids is 1. The number of halogens is 4.